The molecule has 3 atom stereocenters. The lowest BCUT2D eigenvalue weighted by molar-refractivity contribution is -0.139. The van der Waals surface area contributed by atoms with Crippen LogP contribution < -0.4 is 10.2 Å². The molecular formula is C31H34ClN3O5. The molecular weight excluding hydrogens is 530 g/mol. The van der Waals surface area contributed by atoms with Gasteiger partial charge >= 0.3 is 5.97 Å². The van der Waals surface area contributed by atoms with Crippen LogP contribution in [0.3, 0.4) is 0 Å². The van der Waals surface area contributed by atoms with Crippen LogP contribution in [0.4, 0.5) is 5.69 Å². The Labute approximate surface area is 239 Å². The van der Waals surface area contributed by atoms with E-state index in [1.807, 2.05) is 19.2 Å². The number of phenolic OH excluding ortho intramolecular Hbond substituents is 1. The molecule has 1 fully saturated rings. The maximum atomic E-state index is 13.7. The Balaban J connectivity index is 1.58. The summed E-state index contributed by atoms with van der Waals surface area (Å²) in [7, 11) is 1.93. The van der Waals surface area contributed by atoms with E-state index in [0.717, 1.165) is 5.56 Å². The Bertz CT molecular complexity index is 1370. The number of rotatable bonds is 9. The van der Waals surface area contributed by atoms with Gasteiger partial charge in [-0.2, -0.15) is 0 Å². The van der Waals surface area contributed by atoms with Crippen molar-refractivity contribution in [1.82, 2.24) is 10.2 Å². The third-order valence-electron chi connectivity index (χ3n) is 7.24. The molecule has 210 valence electrons. The second kappa shape index (κ2) is 12.1. The molecule has 9 heteroatoms. The number of amides is 2. The van der Waals surface area contributed by atoms with Gasteiger partial charge in [-0.25, -0.2) is 4.79 Å². The summed E-state index contributed by atoms with van der Waals surface area (Å²) < 4.78 is 0. The van der Waals surface area contributed by atoms with Crippen LogP contribution in [0, 0.1) is 12.8 Å². The Morgan fingerprint density at radius 1 is 1.02 bits per heavy atom. The third-order valence-corrected chi connectivity index (χ3v) is 7.55. The van der Waals surface area contributed by atoms with Gasteiger partial charge in [0.15, 0.2) is 0 Å². The minimum Gasteiger partial charge on any atom is -0.508 e. The molecule has 2 amide bonds. The molecule has 4 rings (SSSR count). The highest BCUT2D eigenvalue weighted by Crippen LogP contribution is 2.39. The van der Waals surface area contributed by atoms with E-state index in [2.05, 4.69) is 24.1 Å². The van der Waals surface area contributed by atoms with Crippen molar-refractivity contribution in [1.29, 1.82) is 0 Å². The van der Waals surface area contributed by atoms with Crippen molar-refractivity contribution in [3.8, 4) is 5.75 Å². The van der Waals surface area contributed by atoms with E-state index in [-0.39, 0.29) is 40.9 Å². The van der Waals surface area contributed by atoms with Gasteiger partial charge in [0, 0.05) is 12.1 Å². The number of nitrogens with zero attached hydrogens (tertiary/aromatic N) is 2. The topological polar surface area (TPSA) is 110 Å². The van der Waals surface area contributed by atoms with Gasteiger partial charge in [-0.15, -0.1) is 0 Å². The molecule has 0 radical (unpaired) electrons. The number of aryl methyl sites for hydroxylation is 1. The molecule has 3 aromatic carbocycles. The molecule has 0 spiro atoms. The molecule has 3 unspecified atom stereocenters. The van der Waals surface area contributed by atoms with Gasteiger partial charge in [-0.05, 0) is 73.3 Å². The number of nitrogens with one attached hydrogen (secondary N) is 1. The quantitative estimate of drug-likeness (QED) is 0.331. The number of carboxylic acid groups (broad SMARTS) is 1. The highest BCUT2D eigenvalue weighted by atomic mass is 35.5. The number of halogens is 1. The first-order valence-electron chi connectivity index (χ1n) is 13.2. The van der Waals surface area contributed by atoms with E-state index in [1.165, 1.54) is 0 Å². The molecule has 0 aromatic heterocycles. The largest absolute Gasteiger partial charge is 0.508 e. The molecule has 3 aromatic rings. The van der Waals surface area contributed by atoms with E-state index < -0.39 is 17.9 Å². The summed E-state index contributed by atoms with van der Waals surface area (Å²) in [6, 6.07) is 17.5. The smallest absolute Gasteiger partial charge is 0.326 e. The van der Waals surface area contributed by atoms with Crippen molar-refractivity contribution in [2.24, 2.45) is 5.92 Å². The Morgan fingerprint density at radius 2 is 1.68 bits per heavy atom. The number of carboxylic acids is 1. The number of benzene rings is 3. The van der Waals surface area contributed by atoms with E-state index in [0.29, 0.717) is 29.2 Å². The number of hydrogen-bond acceptors (Lipinski definition) is 5. The van der Waals surface area contributed by atoms with Gasteiger partial charge in [0.2, 0.25) is 5.91 Å². The fraction of sp³-hybridized carbons (Fsp3) is 0.323. The number of aromatic hydroxyl groups is 1. The second-order valence-corrected chi connectivity index (χ2v) is 11.1. The lowest BCUT2D eigenvalue weighted by Gasteiger charge is -2.29. The summed E-state index contributed by atoms with van der Waals surface area (Å²) in [6.45, 7) is 5.90. The van der Waals surface area contributed by atoms with Crippen LogP contribution in [0.1, 0.15) is 53.5 Å². The monoisotopic (exact) mass is 563 g/mol. The number of likely N-dealkylation sites (N-methyl/N-ethyl adjacent to an activating group) is 1. The minimum atomic E-state index is -1.17. The van der Waals surface area contributed by atoms with E-state index in [1.54, 1.807) is 66.4 Å². The molecule has 1 aliphatic rings. The fourth-order valence-electron chi connectivity index (χ4n) is 5.20. The van der Waals surface area contributed by atoms with Crippen molar-refractivity contribution in [2.75, 3.05) is 11.9 Å². The summed E-state index contributed by atoms with van der Waals surface area (Å²) in [4.78, 5) is 42.3. The number of anilines is 1. The molecule has 40 heavy (non-hydrogen) atoms. The highest BCUT2D eigenvalue weighted by Gasteiger charge is 2.45. The van der Waals surface area contributed by atoms with Crippen LogP contribution in [-0.4, -0.2) is 52.0 Å². The predicted molar refractivity (Wildman–Crippen MR) is 155 cm³/mol. The SMILES string of the molecule is Cc1cccc(Cl)c1C(=O)NC(Cc1ccc(N2C(=O)C(CC(C)C)N(C)C2c2ccc(O)cc2)cc1)C(=O)O. The first kappa shape index (κ1) is 29.1. The number of hydrogen-bond donors (Lipinski definition) is 3. The summed E-state index contributed by atoms with van der Waals surface area (Å²) in [6.07, 6.45) is 0.382. The van der Waals surface area contributed by atoms with Gasteiger partial charge in [0.1, 0.15) is 18.0 Å². The van der Waals surface area contributed by atoms with Gasteiger partial charge in [-0.1, -0.05) is 61.8 Å². The van der Waals surface area contributed by atoms with E-state index in [4.69, 9.17) is 11.6 Å². The zero-order chi connectivity index (χ0) is 29.1. The summed E-state index contributed by atoms with van der Waals surface area (Å²) in [5.41, 5.74) is 3.13. The average Bonchev–Trinajstić information content (AvgIpc) is 3.13. The molecule has 0 saturated carbocycles. The molecule has 1 saturated heterocycles. The van der Waals surface area contributed by atoms with Crippen LogP contribution >= 0.6 is 11.6 Å². The maximum Gasteiger partial charge on any atom is 0.326 e. The molecule has 1 heterocycles. The highest BCUT2D eigenvalue weighted by molar-refractivity contribution is 6.34. The molecule has 0 aliphatic carbocycles. The van der Waals surface area contributed by atoms with Crippen molar-refractivity contribution in [3.05, 3.63) is 94.0 Å². The van der Waals surface area contributed by atoms with Gasteiger partial charge < -0.3 is 15.5 Å². The van der Waals surface area contributed by atoms with Crippen LogP contribution in [0.25, 0.3) is 0 Å². The zero-order valence-corrected chi connectivity index (χ0v) is 23.7. The van der Waals surface area contributed by atoms with E-state index in [9.17, 15) is 24.6 Å². The number of phenols is 1. The second-order valence-electron chi connectivity index (χ2n) is 10.7. The van der Waals surface area contributed by atoms with Crippen LogP contribution in [0.5, 0.6) is 5.75 Å². The maximum absolute atomic E-state index is 13.7. The minimum absolute atomic E-state index is 0.0205. The first-order chi connectivity index (χ1) is 19.0. The summed E-state index contributed by atoms with van der Waals surface area (Å²) in [5.74, 6) is -1.27. The molecule has 8 nitrogen and oxygen atoms in total. The van der Waals surface area contributed by atoms with Crippen molar-refractivity contribution in [2.45, 2.75) is 51.9 Å². The molecule has 1 aliphatic heterocycles. The normalized spacial score (nSPS) is 18.2. The van der Waals surface area contributed by atoms with Crippen molar-refractivity contribution < 1.29 is 24.6 Å². The summed E-state index contributed by atoms with van der Waals surface area (Å²) >= 11 is 6.19. The van der Waals surface area contributed by atoms with E-state index >= 15 is 0 Å². The lowest BCUT2D eigenvalue weighted by Crippen LogP contribution is -2.42. The van der Waals surface area contributed by atoms with Gasteiger partial charge in [-0.3, -0.25) is 19.4 Å². The molecule has 3 N–H and O–H groups in total. The average molecular weight is 564 g/mol. The zero-order valence-electron chi connectivity index (χ0n) is 23.0. The van der Waals surface area contributed by atoms with Crippen LogP contribution in [0.15, 0.2) is 66.7 Å². The van der Waals surface area contributed by atoms with Crippen LogP contribution in [0.2, 0.25) is 5.02 Å². The predicted octanol–water partition coefficient (Wildman–Crippen LogP) is 5.17. The first-order valence-corrected chi connectivity index (χ1v) is 13.6. The number of aliphatic carboxylic acids is 1. The Kier molecular flexibility index (Phi) is 8.81. The summed E-state index contributed by atoms with van der Waals surface area (Å²) in [5, 5.41) is 22.5. The Hall–Kier alpha value is -3.88. The van der Waals surface area contributed by atoms with Crippen molar-refractivity contribution >= 4 is 35.1 Å². The van der Waals surface area contributed by atoms with Crippen molar-refractivity contribution in [3.63, 3.8) is 0 Å². The Morgan fingerprint density at radius 3 is 2.25 bits per heavy atom. The molecule has 0 bridgehead atoms. The van der Waals surface area contributed by atoms with Gasteiger partial charge in [0.25, 0.3) is 5.91 Å². The van der Waals surface area contributed by atoms with Crippen LogP contribution in [-0.2, 0) is 16.0 Å². The number of carbonyl (C=O) groups excluding carboxylic acids is 2. The third kappa shape index (κ3) is 6.13. The lowest BCUT2D eigenvalue weighted by atomic mass is 10.0. The van der Waals surface area contributed by atoms with Gasteiger partial charge in [0.05, 0.1) is 16.6 Å². The standard InChI is InChI=1S/C31H34ClN3O5/c1-18(2)16-26-30(38)35(29(34(26)4)21-10-14-23(36)15-11-21)22-12-8-20(9-13-22)17-25(31(39)40)33-28(37)27-19(3)6-5-7-24(27)32/h5-15,18,25-26,29,36H,16-17H2,1-4H3,(H,33,37)(H,39,40). The number of carbonyl (C=O) groups is 3. The fourth-order valence-corrected chi connectivity index (χ4v) is 5.51.